The van der Waals surface area contributed by atoms with E-state index in [1.165, 1.54) is 24.1 Å². The molecule has 1 amide bonds. The fourth-order valence-electron chi connectivity index (χ4n) is 1.66. The largest absolute Gasteiger partial charge is 0.383 e. The predicted molar refractivity (Wildman–Crippen MR) is 84.0 cm³/mol. The molecule has 0 aliphatic rings. The van der Waals surface area contributed by atoms with Crippen LogP contribution < -0.4 is 5.14 Å². The molecule has 0 aliphatic carbocycles. The van der Waals surface area contributed by atoms with Gasteiger partial charge in [0, 0.05) is 24.7 Å². The number of halogens is 2. The number of nitrogens with two attached hydrogens (primary N) is 1. The Bertz CT molecular complexity index is 636. The monoisotopic (exact) mass is 398 g/mol. The van der Waals surface area contributed by atoms with Crippen molar-refractivity contribution in [3.8, 4) is 0 Å². The Morgan fingerprint density at radius 3 is 2.57 bits per heavy atom. The number of ether oxygens (including phenoxy) is 1. The molecule has 2 N–H and O–H groups in total. The molecule has 0 fully saturated rings. The predicted octanol–water partition coefficient (Wildman–Crippen LogP) is 1.86. The van der Waals surface area contributed by atoms with E-state index in [0.29, 0.717) is 24.2 Å². The minimum Gasteiger partial charge on any atom is -0.383 e. The number of carbonyl (C=O) groups excluding carboxylic acids is 1. The first kappa shape index (κ1) is 18.4. The van der Waals surface area contributed by atoms with Gasteiger partial charge in [-0.2, -0.15) is 0 Å². The Labute approximate surface area is 137 Å². The molecule has 1 aromatic carbocycles. The van der Waals surface area contributed by atoms with Gasteiger partial charge < -0.3 is 9.64 Å². The summed E-state index contributed by atoms with van der Waals surface area (Å²) in [5.74, 6) is -0.384. The number of rotatable bonds is 6. The van der Waals surface area contributed by atoms with E-state index in [2.05, 4.69) is 15.9 Å². The van der Waals surface area contributed by atoms with Crippen molar-refractivity contribution in [2.45, 2.75) is 11.8 Å². The van der Waals surface area contributed by atoms with Crippen LogP contribution in [0.5, 0.6) is 0 Å². The lowest BCUT2D eigenvalue weighted by Crippen LogP contribution is -2.34. The standard InChI is InChI=1S/C12H16BrClN2O4S/c1-3-16(4-5-20-2)12(17)9-6-8(21(15,18)19)7-10(13)11(9)14/h6-7H,3-5H2,1-2H3,(H2,15,18,19). The molecule has 0 heterocycles. The number of sulfonamides is 1. The van der Waals surface area contributed by atoms with E-state index < -0.39 is 10.0 Å². The molecule has 0 spiro atoms. The Hall–Kier alpha value is -0.670. The lowest BCUT2D eigenvalue weighted by atomic mass is 10.2. The van der Waals surface area contributed by atoms with Crippen LogP contribution in [0.15, 0.2) is 21.5 Å². The van der Waals surface area contributed by atoms with Gasteiger partial charge in [-0.25, -0.2) is 13.6 Å². The molecule has 0 aromatic heterocycles. The van der Waals surface area contributed by atoms with E-state index >= 15 is 0 Å². The van der Waals surface area contributed by atoms with Crippen molar-refractivity contribution in [2.24, 2.45) is 5.14 Å². The van der Waals surface area contributed by atoms with Gasteiger partial charge in [0.1, 0.15) is 0 Å². The first-order valence-electron chi connectivity index (χ1n) is 6.02. The Morgan fingerprint density at radius 1 is 1.48 bits per heavy atom. The molecule has 0 unspecified atom stereocenters. The van der Waals surface area contributed by atoms with Crippen LogP contribution in [-0.2, 0) is 14.8 Å². The number of likely N-dealkylation sites (N-methyl/N-ethyl adjacent to an activating group) is 1. The molecule has 21 heavy (non-hydrogen) atoms. The maximum absolute atomic E-state index is 12.5. The number of methoxy groups -OCH3 is 1. The highest BCUT2D eigenvalue weighted by Crippen LogP contribution is 2.30. The highest BCUT2D eigenvalue weighted by molar-refractivity contribution is 9.10. The summed E-state index contributed by atoms with van der Waals surface area (Å²) >= 11 is 9.22. The molecule has 0 saturated carbocycles. The summed E-state index contributed by atoms with van der Waals surface area (Å²) in [6.45, 7) is 2.99. The Morgan fingerprint density at radius 2 is 2.10 bits per heavy atom. The summed E-state index contributed by atoms with van der Waals surface area (Å²) < 4.78 is 28.1. The van der Waals surface area contributed by atoms with Gasteiger partial charge in [0.2, 0.25) is 10.0 Å². The molecule has 0 saturated heterocycles. The minimum atomic E-state index is -3.93. The quantitative estimate of drug-likeness (QED) is 0.790. The van der Waals surface area contributed by atoms with E-state index in [1.54, 1.807) is 6.92 Å². The fraction of sp³-hybridized carbons (Fsp3) is 0.417. The van der Waals surface area contributed by atoms with Gasteiger partial charge in [0.15, 0.2) is 0 Å². The summed E-state index contributed by atoms with van der Waals surface area (Å²) in [6.07, 6.45) is 0. The van der Waals surface area contributed by atoms with Crippen molar-refractivity contribution in [1.82, 2.24) is 4.90 Å². The lowest BCUT2D eigenvalue weighted by Gasteiger charge is -2.21. The van der Waals surface area contributed by atoms with Crippen LogP contribution >= 0.6 is 27.5 Å². The van der Waals surface area contributed by atoms with Crippen molar-refractivity contribution in [2.75, 3.05) is 26.8 Å². The van der Waals surface area contributed by atoms with E-state index in [9.17, 15) is 13.2 Å². The van der Waals surface area contributed by atoms with Crippen molar-refractivity contribution < 1.29 is 17.9 Å². The zero-order valence-electron chi connectivity index (χ0n) is 11.6. The number of benzene rings is 1. The molecule has 6 nitrogen and oxygen atoms in total. The molecule has 1 aromatic rings. The normalized spacial score (nSPS) is 11.5. The summed E-state index contributed by atoms with van der Waals surface area (Å²) in [5.41, 5.74) is 0.0769. The third-order valence-electron chi connectivity index (χ3n) is 2.79. The van der Waals surface area contributed by atoms with Crippen LogP contribution in [0, 0.1) is 0 Å². The van der Waals surface area contributed by atoms with Gasteiger partial charge >= 0.3 is 0 Å². The molecule has 0 radical (unpaired) electrons. The van der Waals surface area contributed by atoms with Crippen molar-refractivity contribution in [1.29, 1.82) is 0 Å². The SMILES string of the molecule is CCN(CCOC)C(=O)c1cc(S(N)(=O)=O)cc(Br)c1Cl. The first-order chi connectivity index (χ1) is 9.72. The van der Waals surface area contributed by atoms with Gasteiger partial charge in [-0.1, -0.05) is 11.6 Å². The van der Waals surface area contributed by atoms with Crippen molar-refractivity contribution >= 4 is 43.5 Å². The average Bonchev–Trinajstić information content (AvgIpc) is 2.41. The highest BCUT2D eigenvalue weighted by Gasteiger charge is 2.22. The third-order valence-corrected chi connectivity index (χ3v) is 4.95. The molecular formula is C12H16BrClN2O4S. The smallest absolute Gasteiger partial charge is 0.255 e. The number of nitrogens with zero attached hydrogens (tertiary/aromatic N) is 1. The van der Waals surface area contributed by atoms with Crippen LogP contribution in [0.25, 0.3) is 0 Å². The minimum absolute atomic E-state index is 0.0769. The second-order valence-electron chi connectivity index (χ2n) is 4.19. The summed E-state index contributed by atoms with van der Waals surface area (Å²) in [5, 5.41) is 5.24. The van der Waals surface area contributed by atoms with E-state index in [0.717, 1.165) is 0 Å². The topological polar surface area (TPSA) is 89.7 Å². The van der Waals surface area contributed by atoms with E-state index in [-0.39, 0.29) is 21.4 Å². The second-order valence-corrected chi connectivity index (χ2v) is 6.98. The van der Waals surface area contributed by atoms with Crippen LogP contribution in [0.2, 0.25) is 5.02 Å². The Kier molecular flexibility index (Phi) is 6.61. The third kappa shape index (κ3) is 4.65. The fourth-order valence-corrected chi connectivity index (χ4v) is 3.03. The van der Waals surface area contributed by atoms with Gasteiger partial charge in [-0.3, -0.25) is 4.79 Å². The molecule has 1 rings (SSSR count). The van der Waals surface area contributed by atoms with Gasteiger partial charge in [-0.05, 0) is 35.0 Å². The molecule has 0 aliphatic heterocycles. The van der Waals surface area contributed by atoms with Crippen LogP contribution in [-0.4, -0.2) is 46.0 Å². The molecule has 9 heteroatoms. The van der Waals surface area contributed by atoms with Gasteiger partial charge in [0.05, 0.1) is 22.1 Å². The molecule has 0 bridgehead atoms. The first-order valence-corrected chi connectivity index (χ1v) is 8.74. The van der Waals surface area contributed by atoms with Gasteiger partial charge in [-0.15, -0.1) is 0 Å². The number of hydrogen-bond donors (Lipinski definition) is 1. The average molecular weight is 400 g/mol. The maximum atomic E-state index is 12.5. The summed E-state index contributed by atoms with van der Waals surface area (Å²) in [4.78, 5) is 13.8. The molecule has 0 atom stereocenters. The number of primary sulfonamides is 1. The number of hydrogen-bond acceptors (Lipinski definition) is 4. The summed E-state index contributed by atoms with van der Waals surface area (Å²) in [6, 6.07) is 2.44. The van der Waals surface area contributed by atoms with Crippen LogP contribution in [0.1, 0.15) is 17.3 Å². The van der Waals surface area contributed by atoms with Crippen molar-refractivity contribution in [3.05, 3.63) is 27.2 Å². The maximum Gasteiger partial charge on any atom is 0.255 e. The van der Waals surface area contributed by atoms with Crippen LogP contribution in [0.4, 0.5) is 0 Å². The zero-order chi connectivity index (χ0) is 16.2. The van der Waals surface area contributed by atoms with E-state index in [4.69, 9.17) is 21.5 Å². The lowest BCUT2D eigenvalue weighted by molar-refractivity contribution is 0.0706. The molecular weight excluding hydrogens is 384 g/mol. The number of amides is 1. The molecule has 118 valence electrons. The highest BCUT2D eigenvalue weighted by atomic mass is 79.9. The van der Waals surface area contributed by atoms with Crippen molar-refractivity contribution in [3.63, 3.8) is 0 Å². The summed E-state index contributed by atoms with van der Waals surface area (Å²) in [7, 11) is -2.40. The second kappa shape index (κ2) is 7.55. The Balaban J connectivity index is 3.28. The zero-order valence-corrected chi connectivity index (χ0v) is 14.8. The van der Waals surface area contributed by atoms with Gasteiger partial charge in [0.25, 0.3) is 5.91 Å². The van der Waals surface area contributed by atoms with Crippen LogP contribution in [0.3, 0.4) is 0 Å². The van der Waals surface area contributed by atoms with E-state index in [1.807, 2.05) is 0 Å². The number of carbonyl (C=O) groups is 1.